The monoisotopic (exact) mass is 347 g/mol. The Hall–Kier alpha value is -2.73. The zero-order valence-corrected chi connectivity index (χ0v) is 13.3. The Kier molecular flexibility index (Phi) is 4.31. The van der Waals surface area contributed by atoms with E-state index in [4.69, 9.17) is 11.6 Å². The number of carbonyl (C=O) groups excluding carboxylic acids is 1. The highest BCUT2D eigenvalue weighted by Gasteiger charge is 2.11. The van der Waals surface area contributed by atoms with Gasteiger partial charge in [-0.3, -0.25) is 9.78 Å². The van der Waals surface area contributed by atoms with Crippen molar-refractivity contribution in [2.24, 2.45) is 0 Å². The molecule has 0 aliphatic heterocycles. The largest absolute Gasteiger partial charge is 0.354 e. The van der Waals surface area contributed by atoms with Crippen LogP contribution in [0, 0.1) is 11.6 Å². The molecule has 0 aliphatic rings. The third kappa shape index (κ3) is 3.28. The van der Waals surface area contributed by atoms with Crippen LogP contribution in [-0.4, -0.2) is 10.9 Å². The van der Waals surface area contributed by atoms with Gasteiger partial charge in [-0.2, -0.15) is 0 Å². The molecule has 0 saturated heterocycles. The predicted octanol–water partition coefficient (Wildman–Crippen LogP) is 4.87. The van der Waals surface area contributed by atoms with E-state index in [2.05, 4.69) is 15.6 Å². The van der Waals surface area contributed by atoms with Crippen molar-refractivity contribution in [3.63, 3.8) is 0 Å². The quantitative estimate of drug-likeness (QED) is 0.710. The summed E-state index contributed by atoms with van der Waals surface area (Å²) >= 11 is 6.16. The molecule has 122 valence electrons. The second-order valence-corrected chi connectivity index (χ2v) is 5.55. The Morgan fingerprint density at radius 1 is 1.12 bits per heavy atom. The molecule has 0 saturated carbocycles. The summed E-state index contributed by atoms with van der Waals surface area (Å²) in [7, 11) is 0. The van der Waals surface area contributed by atoms with Crippen molar-refractivity contribution in [3.05, 3.63) is 59.3 Å². The molecule has 4 nitrogen and oxygen atoms in total. The Balaban J connectivity index is 2.05. The van der Waals surface area contributed by atoms with E-state index in [1.165, 1.54) is 19.2 Å². The third-order valence-electron chi connectivity index (χ3n) is 3.32. The molecule has 0 aliphatic carbocycles. The predicted molar refractivity (Wildman–Crippen MR) is 90.7 cm³/mol. The first-order valence-electron chi connectivity index (χ1n) is 7.02. The van der Waals surface area contributed by atoms with Gasteiger partial charge in [0.25, 0.3) is 0 Å². The average Bonchev–Trinajstić information content (AvgIpc) is 2.51. The number of anilines is 3. The molecule has 2 aromatic carbocycles. The molecule has 3 rings (SSSR count). The number of halogens is 3. The minimum Gasteiger partial charge on any atom is -0.354 e. The number of hydrogen-bond acceptors (Lipinski definition) is 3. The Labute approximate surface area is 141 Å². The number of fused-ring (bicyclic) bond motifs is 1. The smallest absolute Gasteiger partial charge is 0.221 e. The van der Waals surface area contributed by atoms with Crippen LogP contribution < -0.4 is 10.6 Å². The van der Waals surface area contributed by atoms with Crippen molar-refractivity contribution in [2.45, 2.75) is 6.92 Å². The minimum atomic E-state index is -0.744. The lowest BCUT2D eigenvalue weighted by atomic mass is 10.1. The van der Waals surface area contributed by atoms with Crippen LogP contribution in [-0.2, 0) is 4.79 Å². The maximum Gasteiger partial charge on any atom is 0.221 e. The average molecular weight is 348 g/mol. The van der Waals surface area contributed by atoms with E-state index in [1.807, 2.05) is 0 Å². The first-order valence-corrected chi connectivity index (χ1v) is 7.40. The van der Waals surface area contributed by atoms with Crippen LogP contribution >= 0.6 is 11.6 Å². The van der Waals surface area contributed by atoms with Crippen LogP contribution in [0.25, 0.3) is 10.9 Å². The van der Waals surface area contributed by atoms with Gasteiger partial charge in [-0.25, -0.2) is 8.78 Å². The SMILES string of the molecule is CC(=O)Nc1ccc(Cl)c(Nc2ccnc3c(F)cc(F)cc23)c1. The molecule has 0 spiro atoms. The van der Waals surface area contributed by atoms with Crippen LogP contribution in [0.3, 0.4) is 0 Å². The second-order valence-electron chi connectivity index (χ2n) is 5.14. The van der Waals surface area contributed by atoms with E-state index >= 15 is 0 Å². The fourth-order valence-corrected chi connectivity index (χ4v) is 2.50. The van der Waals surface area contributed by atoms with Crippen molar-refractivity contribution in [2.75, 3.05) is 10.6 Å². The zero-order valence-electron chi connectivity index (χ0n) is 12.5. The van der Waals surface area contributed by atoms with Gasteiger partial charge in [0.1, 0.15) is 11.3 Å². The Morgan fingerprint density at radius 3 is 2.67 bits per heavy atom. The molecular weight excluding hydrogens is 336 g/mol. The molecule has 2 N–H and O–H groups in total. The van der Waals surface area contributed by atoms with Crippen molar-refractivity contribution in [1.29, 1.82) is 0 Å². The van der Waals surface area contributed by atoms with Gasteiger partial charge in [0.2, 0.25) is 5.91 Å². The number of amides is 1. The van der Waals surface area contributed by atoms with Gasteiger partial charge in [-0.1, -0.05) is 11.6 Å². The molecule has 0 radical (unpaired) electrons. The van der Waals surface area contributed by atoms with Crippen LogP contribution in [0.5, 0.6) is 0 Å². The lowest BCUT2D eigenvalue weighted by Crippen LogP contribution is -2.06. The number of hydrogen-bond donors (Lipinski definition) is 2. The van der Waals surface area contributed by atoms with Crippen molar-refractivity contribution in [3.8, 4) is 0 Å². The molecule has 0 atom stereocenters. The standard InChI is InChI=1S/C17H12ClF2N3O/c1-9(24)22-11-2-3-13(18)16(8-11)23-15-4-5-21-17-12(15)6-10(19)7-14(17)20/h2-8H,1H3,(H,21,23)(H,22,24). The Morgan fingerprint density at radius 2 is 1.92 bits per heavy atom. The van der Waals surface area contributed by atoms with Crippen LogP contribution in [0.1, 0.15) is 6.92 Å². The van der Waals surface area contributed by atoms with Crippen molar-refractivity contribution >= 4 is 45.5 Å². The number of nitrogens with zero attached hydrogens (tertiary/aromatic N) is 1. The van der Waals surface area contributed by atoms with Crippen LogP contribution in [0.15, 0.2) is 42.6 Å². The summed E-state index contributed by atoms with van der Waals surface area (Å²) in [6.07, 6.45) is 1.41. The first-order chi connectivity index (χ1) is 11.4. The van der Waals surface area contributed by atoms with Crippen LogP contribution in [0.4, 0.5) is 25.8 Å². The summed E-state index contributed by atoms with van der Waals surface area (Å²) in [4.78, 5) is 15.1. The van der Waals surface area contributed by atoms with Crippen LogP contribution in [0.2, 0.25) is 5.02 Å². The molecule has 7 heteroatoms. The highest BCUT2D eigenvalue weighted by atomic mass is 35.5. The lowest BCUT2D eigenvalue weighted by Gasteiger charge is -2.13. The highest BCUT2D eigenvalue weighted by molar-refractivity contribution is 6.33. The third-order valence-corrected chi connectivity index (χ3v) is 3.65. The minimum absolute atomic E-state index is 0.0514. The maximum atomic E-state index is 13.8. The first kappa shape index (κ1) is 16.1. The van der Waals surface area contributed by atoms with Gasteiger partial charge >= 0.3 is 0 Å². The number of aromatic nitrogens is 1. The summed E-state index contributed by atoms with van der Waals surface area (Å²) in [6.45, 7) is 1.39. The number of benzene rings is 2. The topological polar surface area (TPSA) is 54.0 Å². The van der Waals surface area contributed by atoms with E-state index in [1.54, 1.807) is 24.3 Å². The fraction of sp³-hybridized carbons (Fsp3) is 0.0588. The zero-order chi connectivity index (χ0) is 17.3. The van der Waals surface area contributed by atoms with Gasteiger partial charge < -0.3 is 10.6 Å². The van der Waals surface area contributed by atoms with E-state index < -0.39 is 11.6 Å². The van der Waals surface area contributed by atoms with E-state index in [9.17, 15) is 13.6 Å². The van der Waals surface area contributed by atoms with Crippen molar-refractivity contribution < 1.29 is 13.6 Å². The van der Waals surface area contributed by atoms with Crippen molar-refractivity contribution in [1.82, 2.24) is 4.98 Å². The summed E-state index contributed by atoms with van der Waals surface area (Å²) < 4.78 is 27.4. The maximum absolute atomic E-state index is 13.8. The number of nitrogens with one attached hydrogen (secondary N) is 2. The summed E-state index contributed by atoms with van der Waals surface area (Å²) in [5, 5.41) is 6.35. The molecule has 1 aromatic heterocycles. The van der Waals surface area contributed by atoms with E-state index in [0.29, 0.717) is 22.1 Å². The van der Waals surface area contributed by atoms with E-state index in [0.717, 1.165) is 6.07 Å². The summed E-state index contributed by atoms with van der Waals surface area (Å²) in [5.74, 6) is -1.66. The normalized spacial score (nSPS) is 10.7. The van der Waals surface area contributed by atoms with E-state index in [-0.39, 0.29) is 16.8 Å². The highest BCUT2D eigenvalue weighted by Crippen LogP contribution is 2.32. The lowest BCUT2D eigenvalue weighted by molar-refractivity contribution is -0.114. The summed E-state index contributed by atoms with van der Waals surface area (Å²) in [6, 6.07) is 8.45. The second kappa shape index (κ2) is 6.41. The fourth-order valence-electron chi connectivity index (χ4n) is 2.33. The Bertz CT molecular complexity index is 947. The summed E-state index contributed by atoms with van der Waals surface area (Å²) in [5.41, 5.74) is 1.53. The molecular formula is C17H12ClF2N3O. The molecule has 1 amide bonds. The van der Waals surface area contributed by atoms with Gasteiger partial charge in [-0.15, -0.1) is 0 Å². The number of carbonyl (C=O) groups is 1. The number of pyridine rings is 1. The number of rotatable bonds is 3. The molecule has 3 aromatic rings. The van der Waals surface area contributed by atoms with Gasteiger partial charge in [-0.05, 0) is 30.3 Å². The van der Waals surface area contributed by atoms with Gasteiger partial charge in [0.15, 0.2) is 5.82 Å². The molecule has 24 heavy (non-hydrogen) atoms. The molecule has 0 unspecified atom stereocenters. The molecule has 0 bridgehead atoms. The molecule has 1 heterocycles. The van der Waals surface area contributed by atoms with Gasteiger partial charge in [0.05, 0.1) is 10.7 Å². The van der Waals surface area contributed by atoms with Gasteiger partial charge in [0, 0.05) is 35.9 Å². The molecule has 0 fully saturated rings.